The van der Waals surface area contributed by atoms with E-state index in [9.17, 15) is 0 Å². The first kappa shape index (κ1) is 14.4. The monoisotopic (exact) mass is 210 g/mol. The third-order valence-electron chi connectivity index (χ3n) is 2.56. The molecule has 88 valence electrons. The van der Waals surface area contributed by atoms with E-state index in [2.05, 4.69) is 39.0 Å². The average molecular weight is 210 g/mol. The maximum atomic E-state index is 8.62. The summed E-state index contributed by atoms with van der Waals surface area (Å²) in [5.74, 6) is 1.24. The molecule has 0 rings (SSSR count). The van der Waals surface area contributed by atoms with Crippen molar-refractivity contribution in [3.63, 3.8) is 0 Å². The minimum absolute atomic E-state index is 0.154. The van der Waals surface area contributed by atoms with Gasteiger partial charge < -0.3 is 5.11 Å². The molecule has 0 aromatic carbocycles. The lowest BCUT2D eigenvalue weighted by atomic mass is 10.0. The van der Waals surface area contributed by atoms with E-state index in [1.807, 2.05) is 6.08 Å². The van der Waals surface area contributed by atoms with Crippen LogP contribution in [0.4, 0.5) is 0 Å². The molecule has 2 unspecified atom stereocenters. The number of hydrogen-bond acceptors (Lipinski definition) is 1. The zero-order chi connectivity index (χ0) is 11.5. The summed E-state index contributed by atoms with van der Waals surface area (Å²) in [5.41, 5.74) is 0. The first-order valence-electron chi connectivity index (χ1n) is 6.14. The van der Waals surface area contributed by atoms with E-state index < -0.39 is 0 Å². The van der Waals surface area contributed by atoms with Gasteiger partial charge in [0.2, 0.25) is 0 Å². The molecule has 0 aliphatic heterocycles. The number of allylic oxidation sites excluding steroid dienone is 3. The van der Waals surface area contributed by atoms with Gasteiger partial charge in [-0.15, -0.1) is 0 Å². The molecule has 1 heteroatoms. The van der Waals surface area contributed by atoms with Crippen LogP contribution in [0.5, 0.6) is 0 Å². The smallest absolute Gasteiger partial charge is 0.0612 e. The molecule has 0 bridgehead atoms. The fraction of sp³-hybridized carbons (Fsp3) is 0.714. The van der Waals surface area contributed by atoms with Crippen molar-refractivity contribution >= 4 is 0 Å². The zero-order valence-electron chi connectivity index (χ0n) is 10.4. The zero-order valence-corrected chi connectivity index (χ0v) is 10.4. The first-order valence-corrected chi connectivity index (χ1v) is 6.14. The Kier molecular flexibility index (Phi) is 9.60. The van der Waals surface area contributed by atoms with Crippen LogP contribution in [-0.4, -0.2) is 11.7 Å². The van der Waals surface area contributed by atoms with Gasteiger partial charge in [0.05, 0.1) is 6.61 Å². The number of aliphatic hydroxyl groups is 1. The lowest BCUT2D eigenvalue weighted by Gasteiger charge is -2.05. The molecular weight excluding hydrogens is 184 g/mol. The van der Waals surface area contributed by atoms with Gasteiger partial charge in [0.25, 0.3) is 0 Å². The van der Waals surface area contributed by atoms with Crippen molar-refractivity contribution in [2.24, 2.45) is 11.8 Å². The van der Waals surface area contributed by atoms with Crippen LogP contribution < -0.4 is 0 Å². The summed E-state index contributed by atoms with van der Waals surface area (Å²) < 4.78 is 0. The normalized spacial score (nSPS) is 16.3. The van der Waals surface area contributed by atoms with E-state index in [1.54, 1.807) is 0 Å². The lowest BCUT2D eigenvalue weighted by Crippen LogP contribution is -1.91. The molecule has 1 N–H and O–H groups in total. The average Bonchev–Trinajstić information content (AvgIpc) is 2.23. The Morgan fingerprint density at radius 2 is 1.73 bits per heavy atom. The van der Waals surface area contributed by atoms with E-state index in [0.717, 1.165) is 6.42 Å². The Hall–Kier alpha value is -0.560. The van der Waals surface area contributed by atoms with Crippen molar-refractivity contribution in [1.29, 1.82) is 0 Å². The molecule has 0 heterocycles. The summed E-state index contributed by atoms with van der Waals surface area (Å²) in [5, 5.41) is 8.62. The van der Waals surface area contributed by atoms with Crippen molar-refractivity contribution in [3.05, 3.63) is 24.3 Å². The van der Waals surface area contributed by atoms with Gasteiger partial charge in [0.1, 0.15) is 0 Å². The second kappa shape index (κ2) is 9.97. The molecule has 0 saturated carbocycles. The van der Waals surface area contributed by atoms with Crippen molar-refractivity contribution in [1.82, 2.24) is 0 Å². The molecular formula is C14H26O. The molecule has 0 spiro atoms. The molecule has 0 aromatic rings. The van der Waals surface area contributed by atoms with Gasteiger partial charge in [-0.3, -0.25) is 0 Å². The molecule has 0 saturated heterocycles. The van der Waals surface area contributed by atoms with Gasteiger partial charge >= 0.3 is 0 Å². The third kappa shape index (κ3) is 9.74. The van der Waals surface area contributed by atoms with E-state index in [-0.39, 0.29) is 6.61 Å². The molecule has 0 amide bonds. The van der Waals surface area contributed by atoms with Crippen molar-refractivity contribution in [2.75, 3.05) is 6.61 Å². The van der Waals surface area contributed by atoms with Crippen LogP contribution in [0.2, 0.25) is 0 Å². The summed E-state index contributed by atoms with van der Waals surface area (Å²) >= 11 is 0. The number of unbranched alkanes of at least 4 members (excludes halogenated alkanes) is 1. The predicted molar refractivity (Wildman–Crippen MR) is 67.8 cm³/mol. The van der Waals surface area contributed by atoms with Gasteiger partial charge in [0, 0.05) is 0 Å². The minimum atomic E-state index is 0.154. The largest absolute Gasteiger partial charge is 0.392 e. The van der Waals surface area contributed by atoms with Gasteiger partial charge in [-0.25, -0.2) is 0 Å². The Balaban J connectivity index is 3.63. The van der Waals surface area contributed by atoms with Gasteiger partial charge in [-0.2, -0.15) is 0 Å². The van der Waals surface area contributed by atoms with Crippen LogP contribution in [0.15, 0.2) is 24.3 Å². The van der Waals surface area contributed by atoms with Crippen molar-refractivity contribution < 1.29 is 5.11 Å². The van der Waals surface area contributed by atoms with Crippen LogP contribution >= 0.6 is 0 Å². The van der Waals surface area contributed by atoms with Crippen molar-refractivity contribution in [3.8, 4) is 0 Å². The second-order valence-electron chi connectivity index (χ2n) is 4.37. The summed E-state index contributed by atoms with van der Waals surface area (Å²) in [6, 6.07) is 0. The third-order valence-corrected chi connectivity index (χ3v) is 2.56. The van der Waals surface area contributed by atoms with Crippen LogP contribution in [0.3, 0.4) is 0 Å². The van der Waals surface area contributed by atoms with E-state index in [4.69, 9.17) is 5.11 Å². The Bertz CT molecular complexity index is 182. The predicted octanol–water partition coefficient (Wildman–Crippen LogP) is 3.94. The molecule has 0 fully saturated rings. The van der Waals surface area contributed by atoms with Gasteiger partial charge in [-0.1, -0.05) is 57.9 Å². The Labute approximate surface area is 94.9 Å². The fourth-order valence-corrected chi connectivity index (χ4v) is 1.52. The highest BCUT2D eigenvalue weighted by Crippen LogP contribution is 2.11. The minimum Gasteiger partial charge on any atom is -0.392 e. The van der Waals surface area contributed by atoms with E-state index >= 15 is 0 Å². The first-order chi connectivity index (χ1) is 7.20. The number of rotatable bonds is 8. The molecule has 0 aliphatic carbocycles. The summed E-state index contributed by atoms with van der Waals surface area (Å²) in [6.45, 7) is 6.84. The number of hydrogen-bond donors (Lipinski definition) is 1. The SMILES string of the molecule is CCCCC(C)/C=C/CC(C)/C=C/CO. The standard InChI is InChI=1S/C14H26O/c1-4-5-8-13(2)9-6-10-14(3)11-7-12-15/h6-7,9,11,13-15H,4-5,8,10,12H2,1-3H3/b9-6+,11-7+. The maximum absolute atomic E-state index is 8.62. The van der Waals surface area contributed by atoms with Crippen LogP contribution in [-0.2, 0) is 0 Å². The van der Waals surface area contributed by atoms with Gasteiger partial charge in [-0.05, 0) is 24.7 Å². The Morgan fingerprint density at radius 1 is 1.07 bits per heavy atom. The van der Waals surface area contributed by atoms with Gasteiger partial charge in [0.15, 0.2) is 0 Å². The highest BCUT2D eigenvalue weighted by Gasteiger charge is 1.96. The van der Waals surface area contributed by atoms with Crippen molar-refractivity contribution in [2.45, 2.75) is 46.5 Å². The molecule has 2 atom stereocenters. The lowest BCUT2D eigenvalue weighted by molar-refractivity contribution is 0.342. The molecule has 0 aromatic heterocycles. The Morgan fingerprint density at radius 3 is 2.33 bits per heavy atom. The maximum Gasteiger partial charge on any atom is 0.0612 e. The summed E-state index contributed by atoms with van der Waals surface area (Å²) in [6.07, 6.45) is 13.5. The molecule has 0 radical (unpaired) electrons. The number of aliphatic hydroxyl groups excluding tert-OH is 1. The topological polar surface area (TPSA) is 20.2 Å². The van der Waals surface area contributed by atoms with E-state index in [0.29, 0.717) is 11.8 Å². The highest BCUT2D eigenvalue weighted by molar-refractivity contribution is 4.93. The summed E-state index contributed by atoms with van der Waals surface area (Å²) in [4.78, 5) is 0. The van der Waals surface area contributed by atoms with Crippen LogP contribution in [0.25, 0.3) is 0 Å². The highest BCUT2D eigenvalue weighted by atomic mass is 16.2. The van der Waals surface area contributed by atoms with E-state index in [1.165, 1.54) is 19.3 Å². The summed E-state index contributed by atoms with van der Waals surface area (Å²) in [7, 11) is 0. The molecule has 15 heavy (non-hydrogen) atoms. The van der Waals surface area contributed by atoms with Crippen LogP contribution in [0.1, 0.15) is 46.5 Å². The quantitative estimate of drug-likeness (QED) is 0.602. The van der Waals surface area contributed by atoms with Crippen LogP contribution in [0, 0.1) is 11.8 Å². The molecule has 1 nitrogen and oxygen atoms in total. The second-order valence-corrected chi connectivity index (χ2v) is 4.37. The molecule has 0 aliphatic rings. The fourth-order valence-electron chi connectivity index (χ4n) is 1.52.